The molecule has 1 unspecified atom stereocenters. The third-order valence-electron chi connectivity index (χ3n) is 3.61. The first-order chi connectivity index (χ1) is 9.10. The molecule has 106 valence electrons. The monoisotopic (exact) mass is 269 g/mol. The van der Waals surface area contributed by atoms with Gasteiger partial charge in [-0.25, -0.2) is 8.78 Å². The van der Waals surface area contributed by atoms with Crippen molar-refractivity contribution in [3.63, 3.8) is 0 Å². The SMILES string of the molecule is CCc1ccc(C2CN(CC(F)F)CCN2)nc1C. The predicted octanol–water partition coefficient (Wildman–Crippen LogP) is 2.16. The van der Waals surface area contributed by atoms with Gasteiger partial charge in [0.1, 0.15) is 0 Å². The van der Waals surface area contributed by atoms with Crippen LogP contribution in [0.2, 0.25) is 0 Å². The first-order valence-corrected chi connectivity index (χ1v) is 6.80. The van der Waals surface area contributed by atoms with Gasteiger partial charge < -0.3 is 5.32 Å². The molecule has 1 fully saturated rings. The molecular formula is C14H21F2N3. The maximum Gasteiger partial charge on any atom is 0.251 e. The van der Waals surface area contributed by atoms with Crippen molar-refractivity contribution < 1.29 is 8.78 Å². The Kier molecular flexibility index (Phi) is 4.82. The minimum Gasteiger partial charge on any atom is -0.306 e. The van der Waals surface area contributed by atoms with Crippen LogP contribution < -0.4 is 5.32 Å². The average molecular weight is 269 g/mol. The van der Waals surface area contributed by atoms with Crippen molar-refractivity contribution in [2.45, 2.75) is 32.7 Å². The van der Waals surface area contributed by atoms with E-state index >= 15 is 0 Å². The number of hydrogen-bond acceptors (Lipinski definition) is 3. The molecule has 19 heavy (non-hydrogen) atoms. The van der Waals surface area contributed by atoms with Gasteiger partial charge in [-0.3, -0.25) is 9.88 Å². The molecule has 2 rings (SSSR count). The van der Waals surface area contributed by atoms with Gasteiger partial charge in [-0.1, -0.05) is 13.0 Å². The maximum absolute atomic E-state index is 12.4. The minimum atomic E-state index is -2.27. The highest BCUT2D eigenvalue weighted by Crippen LogP contribution is 2.18. The molecule has 3 nitrogen and oxygen atoms in total. The van der Waals surface area contributed by atoms with Gasteiger partial charge in [0.05, 0.1) is 18.3 Å². The van der Waals surface area contributed by atoms with E-state index in [1.165, 1.54) is 5.56 Å². The lowest BCUT2D eigenvalue weighted by atomic mass is 10.1. The van der Waals surface area contributed by atoms with Crippen molar-refractivity contribution in [3.8, 4) is 0 Å². The quantitative estimate of drug-likeness (QED) is 0.908. The molecule has 1 aliphatic rings. The normalized spacial score (nSPS) is 21.0. The third kappa shape index (κ3) is 3.70. The smallest absolute Gasteiger partial charge is 0.251 e. The molecule has 1 aliphatic heterocycles. The minimum absolute atomic E-state index is 0.0529. The fraction of sp³-hybridized carbons (Fsp3) is 0.643. The number of alkyl halides is 2. The van der Waals surface area contributed by atoms with Crippen LogP contribution in [0.5, 0.6) is 0 Å². The number of aromatic nitrogens is 1. The molecule has 0 radical (unpaired) electrons. The van der Waals surface area contributed by atoms with Gasteiger partial charge in [0.2, 0.25) is 0 Å². The first-order valence-electron chi connectivity index (χ1n) is 6.80. The number of piperazine rings is 1. The Hall–Kier alpha value is -1.07. The number of nitrogens with one attached hydrogen (secondary N) is 1. The van der Waals surface area contributed by atoms with Crippen molar-refractivity contribution in [3.05, 3.63) is 29.1 Å². The van der Waals surface area contributed by atoms with E-state index in [-0.39, 0.29) is 12.6 Å². The third-order valence-corrected chi connectivity index (χ3v) is 3.61. The number of nitrogens with zero attached hydrogens (tertiary/aromatic N) is 2. The predicted molar refractivity (Wildman–Crippen MR) is 71.5 cm³/mol. The summed E-state index contributed by atoms with van der Waals surface area (Å²) in [5.74, 6) is 0. The molecule has 0 aliphatic carbocycles. The second-order valence-electron chi connectivity index (χ2n) is 4.99. The zero-order valence-corrected chi connectivity index (χ0v) is 11.5. The summed E-state index contributed by atoms with van der Waals surface area (Å²) in [5.41, 5.74) is 3.23. The van der Waals surface area contributed by atoms with Gasteiger partial charge in [0.25, 0.3) is 6.43 Å². The van der Waals surface area contributed by atoms with E-state index in [9.17, 15) is 8.78 Å². The summed E-state index contributed by atoms with van der Waals surface area (Å²) in [6.07, 6.45) is -1.30. The highest BCUT2D eigenvalue weighted by Gasteiger charge is 2.23. The van der Waals surface area contributed by atoms with Gasteiger partial charge in [-0.2, -0.15) is 0 Å². The zero-order valence-electron chi connectivity index (χ0n) is 11.5. The topological polar surface area (TPSA) is 28.2 Å². The molecule has 1 saturated heterocycles. The fourth-order valence-electron chi connectivity index (χ4n) is 2.55. The van der Waals surface area contributed by atoms with Crippen LogP contribution in [-0.4, -0.2) is 42.5 Å². The molecule has 0 spiro atoms. The van der Waals surface area contributed by atoms with Crippen molar-refractivity contribution in [1.82, 2.24) is 15.2 Å². The molecular weight excluding hydrogens is 248 g/mol. The highest BCUT2D eigenvalue weighted by molar-refractivity contribution is 5.24. The molecule has 0 bridgehead atoms. The lowest BCUT2D eigenvalue weighted by Gasteiger charge is -2.33. The summed E-state index contributed by atoms with van der Waals surface area (Å²) in [7, 11) is 0. The fourth-order valence-corrected chi connectivity index (χ4v) is 2.55. The molecule has 0 aromatic carbocycles. The van der Waals surface area contributed by atoms with E-state index in [0.29, 0.717) is 13.1 Å². The Bertz CT molecular complexity index is 423. The van der Waals surface area contributed by atoms with E-state index in [1.807, 2.05) is 13.0 Å². The van der Waals surface area contributed by atoms with Crippen LogP contribution in [0.4, 0.5) is 8.78 Å². The Balaban J connectivity index is 2.06. The van der Waals surface area contributed by atoms with Gasteiger partial charge in [0.15, 0.2) is 0 Å². The Morgan fingerprint density at radius 2 is 2.26 bits per heavy atom. The Morgan fingerprint density at radius 3 is 2.89 bits per heavy atom. The van der Waals surface area contributed by atoms with Crippen LogP contribution in [0.1, 0.15) is 29.9 Å². The van der Waals surface area contributed by atoms with E-state index < -0.39 is 6.43 Å². The molecule has 2 heterocycles. The van der Waals surface area contributed by atoms with Crippen molar-refractivity contribution in [2.24, 2.45) is 0 Å². The lowest BCUT2D eigenvalue weighted by Crippen LogP contribution is -2.47. The van der Waals surface area contributed by atoms with Crippen LogP contribution in [0.3, 0.4) is 0 Å². The van der Waals surface area contributed by atoms with Gasteiger partial charge in [-0.05, 0) is 25.0 Å². The van der Waals surface area contributed by atoms with E-state index in [2.05, 4.69) is 23.3 Å². The summed E-state index contributed by atoms with van der Waals surface area (Å²) in [6.45, 7) is 5.96. The van der Waals surface area contributed by atoms with Crippen LogP contribution >= 0.6 is 0 Å². The summed E-state index contributed by atoms with van der Waals surface area (Å²) >= 11 is 0. The zero-order chi connectivity index (χ0) is 13.8. The first kappa shape index (κ1) is 14.3. The van der Waals surface area contributed by atoms with E-state index in [0.717, 1.165) is 24.4 Å². The lowest BCUT2D eigenvalue weighted by molar-refractivity contribution is 0.0724. The summed E-state index contributed by atoms with van der Waals surface area (Å²) in [4.78, 5) is 6.41. The largest absolute Gasteiger partial charge is 0.306 e. The molecule has 1 atom stereocenters. The summed E-state index contributed by atoms with van der Waals surface area (Å²) < 4.78 is 24.9. The van der Waals surface area contributed by atoms with Crippen molar-refractivity contribution >= 4 is 0 Å². The van der Waals surface area contributed by atoms with E-state index in [1.54, 1.807) is 4.90 Å². The van der Waals surface area contributed by atoms with Gasteiger partial charge >= 0.3 is 0 Å². The summed E-state index contributed by atoms with van der Waals surface area (Å²) in [5, 5.41) is 3.35. The number of hydrogen-bond donors (Lipinski definition) is 1. The number of pyridine rings is 1. The van der Waals surface area contributed by atoms with Crippen molar-refractivity contribution in [1.29, 1.82) is 0 Å². The highest BCUT2D eigenvalue weighted by atomic mass is 19.3. The Morgan fingerprint density at radius 1 is 1.47 bits per heavy atom. The molecule has 1 aromatic rings. The van der Waals surface area contributed by atoms with Crippen LogP contribution in [0.15, 0.2) is 12.1 Å². The maximum atomic E-state index is 12.4. The number of halogens is 2. The van der Waals surface area contributed by atoms with Gasteiger partial charge in [-0.15, -0.1) is 0 Å². The number of rotatable bonds is 4. The summed E-state index contributed by atoms with van der Waals surface area (Å²) in [6, 6.07) is 4.15. The molecule has 1 N–H and O–H groups in total. The van der Waals surface area contributed by atoms with E-state index in [4.69, 9.17) is 0 Å². The molecule has 0 saturated carbocycles. The second-order valence-corrected chi connectivity index (χ2v) is 4.99. The van der Waals surface area contributed by atoms with Crippen LogP contribution in [-0.2, 0) is 6.42 Å². The van der Waals surface area contributed by atoms with Crippen LogP contribution in [0.25, 0.3) is 0 Å². The molecule has 1 aromatic heterocycles. The number of aryl methyl sites for hydroxylation is 2. The molecule has 0 amide bonds. The second kappa shape index (κ2) is 6.39. The standard InChI is InChI=1S/C14H21F2N3/c1-3-11-4-5-12(18-10(11)2)13-8-19(7-6-17-13)9-14(15)16/h4-5,13-14,17H,3,6-9H2,1-2H3. The van der Waals surface area contributed by atoms with Crippen molar-refractivity contribution in [2.75, 3.05) is 26.2 Å². The Labute approximate surface area is 113 Å². The van der Waals surface area contributed by atoms with Gasteiger partial charge in [0, 0.05) is 25.3 Å². The molecule has 5 heteroatoms. The average Bonchev–Trinajstić information content (AvgIpc) is 2.38. The van der Waals surface area contributed by atoms with Crippen LogP contribution in [0, 0.1) is 6.92 Å².